The third-order valence-electron chi connectivity index (χ3n) is 3.49. The van der Waals surface area contributed by atoms with E-state index in [0.717, 1.165) is 12.8 Å². The highest BCUT2D eigenvalue weighted by atomic mass is 16.5. The van der Waals surface area contributed by atoms with E-state index < -0.39 is 5.92 Å². The first kappa shape index (κ1) is 12.2. The van der Waals surface area contributed by atoms with Gasteiger partial charge in [0.2, 0.25) is 0 Å². The zero-order valence-electron chi connectivity index (χ0n) is 9.84. The molecule has 1 saturated carbocycles. The van der Waals surface area contributed by atoms with E-state index in [-0.39, 0.29) is 17.2 Å². The summed E-state index contributed by atoms with van der Waals surface area (Å²) in [5.74, 6) is -0.787. The molecule has 1 rings (SSSR count). The zero-order valence-corrected chi connectivity index (χ0v) is 9.84. The normalized spacial score (nSPS) is 31.4. The van der Waals surface area contributed by atoms with Crippen LogP contribution in [0.3, 0.4) is 0 Å². The molecule has 0 amide bonds. The van der Waals surface area contributed by atoms with Crippen LogP contribution < -0.4 is 0 Å². The van der Waals surface area contributed by atoms with E-state index in [9.17, 15) is 9.59 Å². The average Bonchev–Trinajstić information content (AvgIpc) is 2.22. The van der Waals surface area contributed by atoms with Crippen LogP contribution in [0.15, 0.2) is 0 Å². The molecule has 0 aromatic carbocycles. The number of carbonyl (C=O) groups excluding carboxylic acids is 2. The minimum absolute atomic E-state index is 0.0550. The first-order chi connectivity index (χ1) is 7.02. The molecule has 3 nitrogen and oxygen atoms in total. The molecule has 3 heteroatoms. The molecule has 0 bridgehead atoms. The van der Waals surface area contributed by atoms with Crippen molar-refractivity contribution in [2.45, 2.75) is 46.5 Å². The second-order valence-corrected chi connectivity index (χ2v) is 4.64. The number of esters is 1. The minimum atomic E-state index is -0.511. The van der Waals surface area contributed by atoms with Crippen molar-refractivity contribution >= 4 is 11.8 Å². The summed E-state index contributed by atoms with van der Waals surface area (Å²) < 4.78 is 4.93. The Morgan fingerprint density at radius 2 is 2.20 bits per heavy atom. The topological polar surface area (TPSA) is 43.4 Å². The third kappa shape index (κ3) is 2.80. The van der Waals surface area contributed by atoms with Gasteiger partial charge in [0.15, 0.2) is 0 Å². The second kappa shape index (κ2) is 4.77. The Bertz CT molecular complexity index is 260. The third-order valence-corrected chi connectivity index (χ3v) is 3.49. The van der Waals surface area contributed by atoms with Gasteiger partial charge in [-0.15, -0.1) is 0 Å². The highest BCUT2D eigenvalue weighted by Gasteiger charge is 2.40. The SMILES string of the molecule is CCOC(=O)C1CC(C)(CC)CCC1=O. The fraction of sp³-hybridized carbons (Fsp3) is 0.833. The molecule has 0 aromatic rings. The van der Waals surface area contributed by atoms with Gasteiger partial charge >= 0.3 is 5.97 Å². The van der Waals surface area contributed by atoms with Crippen LogP contribution >= 0.6 is 0 Å². The van der Waals surface area contributed by atoms with E-state index in [1.807, 2.05) is 0 Å². The quantitative estimate of drug-likeness (QED) is 0.532. The number of ether oxygens (including phenoxy) is 1. The van der Waals surface area contributed by atoms with Crippen molar-refractivity contribution in [3.63, 3.8) is 0 Å². The van der Waals surface area contributed by atoms with Gasteiger partial charge in [-0.3, -0.25) is 9.59 Å². The van der Waals surface area contributed by atoms with E-state index in [0.29, 0.717) is 19.4 Å². The van der Waals surface area contributed by atoms with Gasteiger partial charge in [-0.25, -0.2) is 0 Å². The lowest BCUT2D eigenvalue weighted by Gasteiger charge is -2.35. The molecule has 1 aliphatic rings. The van der Waals surface area contributed by atoms with Crippen molar-refractivity contribution < 1.29 is 14.3 Å². The van der Waals surface area contributed by atoms with Crippen molar-refractivity contribution in [3.8, 4) is 0 Å². The lowest BCUT2D eigenvalue weighted by atomic mass is 9.69. The summed E-state index contributed by atoms with van der Waals surface area (Å²) in [5, 5.41) is 0. The van der Waals surface area contributed by atoms with Crippen molar-refractivity contribution in [2.24, 2.45) is 11.3 Å². The molecule has 0 spiro atoms. The fourth-order valence-corrected chi connectivity index (χ4v) is 2.09. The Labute approximate surface area is 91.2 Å². The molecule has 1 aliphatic carbocycles. The molecule has 86 valence electrons. The maximum atomic E-state index is 11.6. The fourth-order valence-electron chi connectivity index (χ4n) is 2.09. The van der Waals surface area contributed by atoms with E-state index in [2.05, 4.69) is 13.8 Å². The molecule has 2 unspecified atom stereocenters. The first-order valence-electron chi connectivity index (χ1n) is 5.72. The molecule has 1 fully saturated rings. The number of carbonyl (C=O) groups is 2. The Kier molecular flexibility index (Phi) is 3.89. The summed E-state index contributed by atoms with van der Waals surface area (Å²) in [5.41, 5.74) is 0.130. The van der Waals surface area contributed by atoms with E-state index >= 15 is 0 Å². The van der Waals surface area contributed by atoms with Gasteiger partial charge in [0.05, 0.1) is 6.61 Å². The molecule has 0 aromatic heterocycles. The van der Waals surface area contributed by atoms with Crippen LogP contribution in [-0.2, 0) is 14.3 Å². The standard InChI is InChI=1S/C12H20O3/c1-4-12(3)7-6-10(13)9(8-12)11(14)15-5-2/h9H,4-8H2,1-3H3. The van der Waals surface area contributed by atoms with Crippen LogP contribution in [0.4, 0.5) is 0 Å². The highest BCUT2D eigenvalue weighted by Crippen LogP contribution is 2.40. The molecule has 15 heavy (non-hydrogen) atoms. The Balaban J connectivity index is 2.69. The van der Waals surface area contributed by atoms with Crippen LogP contribution in [0, 0.1) is 11.3 Å². The van der Waals surface area contributed by atoms with Crippen LogP contribution in [-0.4, -0.2) is 18.4 Å². The number of hydrogen-bond donors (Lipinski definition) is 0. The molecule has 0 saturated heterocycles. The predicted octanol–water partition coefficient (Wildman–Crippen LogP) is 2.33. The molecule has 2 atom stereocenters. The van der Waals surface area contributed by atoms with Gasteiger partial charge in [0.25, 0.3) is 0 Å². The summed E-state index contributed by atoms with van der Waals surface area (Å²) >= 11 is 0. The smallest absolute Gasteiger partial charge is 0.316 e. The molecular weight excluding hydrogens is 192 g/mol. The maximum absolute atomic E-state index is 11.6. The second-order valence-electron chi connectivity index (χ2n) is 4.64. The molecule has 0 heterocycles. The predicted molar refractivity (Wildman–Crippen MR) is 57.4 cm³/mol. The molecular formula is C12H20O3. The lowest BCUT2D eigenvalue weighted by molar-refractivity contribution is -0.154. The van der Waals surface area contributed by atoms with Crippen LogP contribution in [0.2, 0.25) is 0 Å². The van der Waals surface area contributed by atoms with Gasteiger partial charge in [-0.1, -0.05) is 20.3 Å². The maximum Gasteiger partial charge on any atom is 0.316 e. The summed E-state index contributed by atoms with van der Waals surface area (Å²) in [6.07, 6.45) is 3.09. The van der Waals surface area contributed by atoms with Crippen LogP contribution in [0.5, 0.6) is 0 Å². The Hall–Kier alpha value is -0.860. The number of rotatable bonds is 3. The summed E-state index contributed by atoms with van der Waals surface area (Å²) in [6.45, 7) is 6.37. The van der Waals surface area contributed by atoms with Gasteiger partial charge in [-0.2, -0.15) is 0 Å². The highest BCUT2D eigenvalue weighted by molar-refractivity contribution is 5.99. The molecule has 0 radical (unpaired) electrons. The minimum Gasteiger partial charge on any atom is -0.465 e. The van der Waals surface area contributed by atoms with E-state index in [1.54, 1.807) is 6.92 Å². The summed E-state index contributed by atoms with van der Waals surface area (Å²) in [4.78, 5) is 23.2. The van der Waals surface area contributed by atoms with Gasteiger partial charge in [0, 0.05) is 6.42 Å². The zero-order chi connectivity index (χ0) is 11.5. The molecule has 0 aliphatic heterocycles. The summed E-state index contributed by atoms with van der Waals surface area (Å²) in [7, 11) is 0. The van der Waals surface area contributed by atoms with Crippen molar-refractivity contribution in [3.05, 3.63) is 0 Å². The van der Waals surface area contributed by atoms with Gasteiger partial charge in [0.1, 0.15) is 11.7 Å². The molecule has 0 N–H and O–H groups in total. The van der Waals surface area contributed by atoms with Crippen LogP contribution in [0.25, 0.3) is 0 Å². The van der Waals surface area contributed by atoms with Crippen molar-refractivity contribution in [1.82, 2.24) is 0 Å². The average molecular weight is 212 g/mol. The number of ketones is 1. The Morgan fingerprint density at radius 3 is 2.73 bits per heavy atom. The first-order valence-corrected chi connectivity index (χ1v) is 5.72. The van der Waals surface area contributed by atoms with E-state index in [4.69, 9.17) is 4.74 Å². The van der Waals surface area contributed by atoms with E-state index in [1.165, 1.54) is 0 Å². The number of Topliss-reactive ketones (excluding diaryl/α,β-unsaturated/α-hetero) is 1. The van der Waals surface area contributed by atoms with Crippen molar-refractivity contribution in [2.75, 3.05) is 6.61 Å². The lowest BCUT2D eigenvalue weighted by Crippen LogP contribution is -2.37. The van der Waals surface area contributed by atoms with Gasteiger partial charge in [-0.05, 0) is 25.2 Å². The van der Waals surface area contributed by atoms with Crippen molar-refractivity contribution in [1.29, 1.82) is 0 Å². The monoisotopic (exact) mass is 212 g/mol. The largest absolute Gasteiger partial charge is 0.465 e. The van der Waals surface area contributed by atoms with Gasteiger partial charge < -0.3 is 4.74 Å². The summed E-state index contributed by atoms with van der Waals surface area (Å²) in [6, 6.07) is 0. The number of hydrogen-bond acceptors (Lipinski definition) is 3. The van der Waals surface area contributed by atoms with Crippen LogP contribution in [0.1, 0.15) is 46.5 Å². The Morgan fingerprint density at radius 1 is 1.53 bits per heavy atom.